The number of benzene rings is 3. The van der Waals surface area contributed by atoms with Crippen LogP contribution in [0.1, 0.15) is 54.7 Å². The van der Waals surface area contributed by atoms with Gasteiger partial charge < -0.3 is 9.47 Å². The number of hydrogen-bond acceptors (Lipinski definition) is 6. The molecule has 0 saturated carbocycles. The molecule has 1 aliphatic heterocycles. The van der Waals surface area contributed by atoms with E-state index in [0.717, 1.165) is 32.4 Å². The van der Waals surface area contributed by atoms with Crippen LogP contribution >= 0.6 is 55.8 Å². The summed E-state index contributed by atoms with van der Waals surface area (Å²) in [5.41, 5.74) is 6.11. The molecule has 4 rings (SSSR count). The highest BCUT2D eigenvalue weighted by Gasteiger charge is 2.34. The number of hydrogen-bond donors (Lipinski definition) is 1. The van der Waals surface area contributed by atoms with Crippen molar-refractivity contribution >= 4 is 78.1 Å². The van der Waals surface area contributed by atoms with Gasteiger partial charge in [0.15, 0.2) is 15.8 Å². The van der Waals surface area contributed by atoms with E-state index in [-0.39, 0.29) is 9.74 Å². The van der Waals surface area contributed by atoms with Crippen molar-refractivity contribution in [3.05, 3.63) is 96.8 Å². The lowest BCUT2D eigenvalue weighted by molar-refractivity contribution is -0.123. The molecule has 0 aromatic heterocycles. The third-order valence-electron chi connectivity index (χ3n) is 5.95. The lowest BCUT2D eigenvalue weighted by Gasteiger charge is -2.19. The van der Waals surface area contributed by atoms with Crippen LogP contribution in [0, 0.1) is 0 Å². The Labute approximate surface area is 260 Å². The van der Waals surface area contributed by atoms with E-state index in [2.05, 4.69) is 82.3 Å². The molecule has 3 aromatic carbocycles. The van der Waals surface area contributed by atoms with Crippen LogP contribution in [0.15, 0.2) is 74.5 Å². The van der Waals surface area contributed by atoms with Crippen molar-refractivity contribution in [2.75, 3.05) is 6.61 Å². The van der Waals surface area contributed by atoms with Crippen LogP contribution in [0.25, 0.3) is 6.08 Å². The molecule has 1 aliphatic rings. The van der Waals surface area contributed by atoms with Gasteiger partial charge in [-0.15, -0.1) is 0 Å². The molecule has 0 spiro atoms. The van der Waals surface area contributed by atoms with Crippen LogP contribution < -0.4 is 14.9 Å². The second kappa shape index (κ2) is 12.9. The first-order valence-corrected chi connectivity index (χ1v) is 15.3. The van der Waals surface area contributed by atoms with Crippen molar-refractivity contribution < 1.29 is 19.1 Å². The number of carbonyl (C=O) groups is 2. The molecule has 6 nitrogen and oxygen atoms in total. The third kappa shape index (κ3) is 7.34. The summed E-state index contributed by atoms with van der Waals surface area (Å²) in [4.78, 5) is 26.1. The molecule has 0 unspecified atom stereocenters. The van der Waals surface area contributed by atoms with Gasteiger partial charge in [-0.1, -0.05) is 72.7 Å². The van der Waals surface area contributed by atoms with Gasteiger partial charge in [-0.05, 0) is 99.7 Å². The summed E-state index contributed by atoms with van der Waals surface area (Å²) in [5.74, 6) is 0.288. The maximum absolute atomic E-state index is 13.1. The molecule has 208 valence electrons. The smallest absolute Gasteiger partial charge is 0.285 e. The Morgan fingerprint density at radius 3 is 2.35 bits per heavy atom. The average molecular weight is 705 g/mol. The first-order valence-electron chi connectivity index (χ1n) is 12.5. The fourth-order valence-corrected chi connectivity index (χ4v) is 5.83. The lowest BCUT2D eigenvalue weighted by atomic mass is 9.87. The number of rotatable bonds is 8. The van der Waals surface area contributed by atoms with Gasteiger partial charge in [-0.2, -0.15) is 5.01 Å². The topological polar surface area (TPSA) is 67.9 Å². The molecule has 0 atom stereocenters. The SMILES string of the molecule is CCOc1cc(/C=C2/SC(=S)N(NC(=O)c3ccc(Br)cc3)C2=O)cc(Br)c1OCc1ccc(C(C)(C)C)cc1. The van der Waals surface area contributed by atoms with Gasteiger partial charge >= 0.3 is 0 Å². The zero-order valence-electron chi connectivity index (χ0n) is 22.4. The summed E-state index contributed by atoms with van der Waals surface area (Å²) in [5, 5.41) is 1.09. The number of thioether (sulfide) groups is 1. The van der Waals surface area contributed by atoms with Crippen LogP contribution in [-0.2, 0) is 16.8 Å². The minimum absolute atomic E-state index is 0.0831. The Balaban J connectivity index is 1.50. The van der Waals surface area contributed by atoms with Gasteiger partial charge in [-0.3, -0.25) is 15.0 Å². The van der Waals surface area contributed by atoms with Crippen LogP contribution in [0.5, 0.6) is 11.5 Å². The highest BCUT2D eigenvalue weighted by molar-refractivity contribution is 9.10. The van der Waals surface area contributed by atoms with Crippen molar-refractivity contribution in [1.82, 2.24) is 10.4 Å². The Kier molecular flexibility index (Phi) is 9.76. The number of thiocarbonyl (C=S) groups is 1. The maximum atomic E-state index is 13.1. The van der Waals surface area contributed by atoms with Gasteiger partial charge in [0.05, 0.1) is 16.0 Å². The lowest BCUT2D eigenvalue weighted by Crippen LogP contribution is -2.44. The second-order valence-corrected chi connectivity index (χ2v) is 13.4. The number of nitrogens with zero attached hydrogens (tertiary/aromatic N) is 1. The highest BCUT2D eigenvalue weighted by atomic mass is 79.9. The molecule has 1 N–H and O–H groups in total. The quantitative estimate of drug-likeness (QED) is 0.189. The molecular weight excluding hydrogens is 676 g/mol. The molecular formula is C30H28Br2N2O4S2. The number of carbonyl (C=O) groups excluding carboxylic acids is 2. The van der Waals surface area contributed by atoms with Gasteiger partial charge in [-0.25, -0.2) is 0 Å². The zero-order valence-corrected chi connectivity index (χ0v) is 27.2. The van der Waals surface area contributed by atoms with E-state index in [1.165, 1.54) is 5.56 Å². The molecule has 1 fully saturated rings. The van der Waals surface area contributed by atoms with E-state index in [0.29, 0.717) is 39.7 Å². The van der Waals surface area contributed by atoms with Crippen molar-refractivity contribution in [2.45, 2.75) is 39.7 Å². The predicted molar refractivity (Wildman–Crippen MR) is 171 cm³/mol. The molecule has 0 bridgehead atoms. The summed E-state index contributed by atoms with van der Waals surface area (Å²) < 4.78 is 13.8. The normalized spacial score (nSPS) is 14.6. The first kappa shape index (κ1) is 30.3. The molecule has 10 heteroatoms. The molecule has 0 aliphatic carbocycles. The maximum Gasteiger partial charge on any atom is 0.285 e. The predicted octanol–water partition coefficient (Wildman–Crippen LogP) is 8.03. The van der Waals surface area contributed by atoms with E-state index < -0.39 is 11.8 Å². The molecule has 1 heterocycles. The zero-order chi connectivity index (χ0) is 29.0. The number of amides is 2. The van der Waals surface area contributed by atoms with Crippen LogP contribution in [-0.4, -0.2) is 27.8 Å². The first-order chi connectivity index (χ1) is 19.0. The third-order valence-corrected chi connectivity index (χ3v) is 8.37. The summed E-state index contributed by atoms with van der Waals surface area (Å²) in [6.45, 7) is 9.27. The Bertz CT molecular complexity index is 1470. The van der Waals surface area contributed by atoms with Crippen LogP contribution in [0.3, 0.4) is 0 Å². The number of halogens is 2. The second-order valence-electron chi connectivity index (χ2n) is 9.96. The van der Waals surface area contributed by atoms with Crippen molar-refractivity contribution in [3.8, 4) is 11.5 Å². The van der Waals surface area contributed by atoms with Gasteiger partial charge in [0, 0.05) is 10.0 Å². The van der Waals surface area contributed by atoms with Crippen molar-refractivity contribution in [2.24, 2.45) is 0 Å². The van der Waals surface area contributed by atoms with Gasteiger partial charge in [0.1, 0.15) is 6.61 Å². The average Bonchev–Trinajstić information content (AvgIpc) is 3.15. The fourth-order valence-electron chi connectivity index (χ4n) is 3.81. The van der Waals surface area contributed by atoms with E-state index in [1.807, 2.05) is 19.1 Å². The Morgan fingerprint density at radius 1 is 1.05 bits per heavy atom. The van der Waals surface area contributed by atoms with E-state index >= 15 is 0 Å². The molecule has 3 aromatic rings. The number of ether oxygens (including phenoxy) is 2. The monoisotopic (exact) mass is 702 g/mol. The van der Waals surface area contributed by atoms with E-state index in [1.54, 1.807) is 30.3 Å². The summed E-state index contributed by atoms with van der Waals surface area (Å²) >= 11 is 13.4. The number of nitrogens with one attached hydrogen (secondary N) is 1. The summed E-state index contributed by atoms with van der Waals surface area (Å²) in [6.07, 6.45) is 1.72. The van der Waals surface area contributed by atoms with Crippen LogP contribution in [0.2, 0.25) is 0 Å². The van der Waals surface area contributed by atoms with Crippen molar-refractivity contribution in [3.63, 3.8) is 0 Å². The summed E-state index contributed by atoms with van der Waals surface area (Å²) in [6, 6.07) is 18.9. The largest absolute Gasteiger partial charge is 0.490 e. The van der Waals surface area contributed by atoms with E-state index in [4.69, 9.17) is 21.7 Å². The molecule has 0 radical (unpaired) electrons. The molecule has 40 heavy (non-hydrogen) atoms. The standard InChI is InChI=1S/C30H28Br2N2O4S2/c1-5-37-24-15-19(14-23(32)26(24)38-17-18-6-10-21(11-7-18)30(2,3)4)16-25-28(36)34(29(39)40-25)33-27(35)20-8-12-22(31)13-9-20/h6-16H,5,17H2,1-4H3,(H,33,35)/b25-16+. The Hall–Kier alpha value is -2.66. The highest BCUT2D eigenvalue weighted by Crippen LogP contribution is 2.39. The van der Waals surface area contributed by atoms with Crippen LogP contribution in [0.4, 0.5) is 0 Å². The van der Waals surface area contributed by atoms with Gasteiger partial charge in [0.2, 0.25) is 0 Å². The summed E-state index contributed by atoms with van der Waals surface area (Å²) in [7, 11) is 0. The molecule has 2 amide bonds. The fraction of sp³-hybridized carbons (Fsp3) is 0.233. The van der Waals surface area contributed by atoms with E-state index in [9.17, 15) is 9.59 Å². The minimum atomic E-state index is -0.430. The Morgan fingerprint density at radius 2 is 1.73 bits per heavy atom. The minimum Gasteiger partial charge on any atom is -0.490 e. The number of hydrazine groups is 1. The van der Waals surface area contributed by atoms with Gasteiger partial charge in [0.25, 0.3) is 11.8 Å². The molecule has 1 saturated heterocycles. The van der Waals surface area contributed by atoms with Crippen molar-refractivity contribution in [1.29, 1.82) is 0 Å².